The van der Waals surface area contributed by atoms with E-state index in [0.717, 1.165) is 51.8 Å². The van der Waals surface area contributed by atoms with Crippen molar-refractivity contribution in [1.29, 1.82) is 0 Å². The Morgan fingerprint density at radius 3 is 2.59 bits per heavy atom. The van der Waals surface area contributed by atoms with Crippen LogP contribution in [0.4, 0.5) is 8.78 Å². The first-order valence-corrected chi connectivity index (χ1v) is 11.5. The van der Waals surface area contributed by atoms with Crippen LogP contribution in [0.25, 0.3) is 0 Å². The standard InChI is InChI=1S/C23H32F2N4O3/c24-19-3-1-2-18(22(19)25)16-29-9-6-26-23(31)20(29)14-21(30)28-7-4-17(5-8-28)15-27-10-12-32-13-11-27/h1-3,17,20H,4-16H2,(H,26,31). The minimum absolute atomic E-state index is 0.0525. The summed E-state index contributed by atoms with van der Waals surface area (Å²) in [7, 11) is 0. The van der Waals surface area contributed by atoms with Gasteiger partial charge in [0.05, 0.1) is 25.7 Å². The second-order valence-electron chi connectivity index (χ2n) is 8.93. The second-order valence-corrected chi connectivity index (χ2v) is 8.93. The SMILES string of the molecule is O=C1NCCN(Cc2cccc(F)c2F)C1CC(=O)N1CCC(CN2CCOCC2)CC1. The fraction of sp³-hybridized carbons (Fsp3) is 0.652. The molecule has 176 valence electrons. The van der Waals surface area contributed by atoms with Gasteiger partial charge in [-0.1, -0.05) is 12.1 Å². The molecule has 3 fully saturated rings. The van der Waals surface area contributed by atoms with Gasteiger partial charge in [0.15, 0.2) is 11.6 Å². The van der Waals surface area contributed by atoms with E-state index in [1.165, 1.54) is 12.1 Å². The van der Waals surface area contributed by atoms with E-state index < -0.39 is 17.7 Å². The van der Waals surface area contributed by atoms with E-state index in [0.29, 0.717) is 32.1 Å². The first-order valence-electron chi connectivity index (χ1n) is 11.5. The van der Waals surface area contributed by atoms with Crippen molar-refractivity contribution in [2.45, 2.75) is 31.8 Å². The lowest BCUT2D eigenvalue weighted by molar-refractivity contribution is -0.140. The number of hydrogen-bond acceptors (Lipinski definition) is 5. The molecular weight excluding hydrogens is 418 g/mol. The van der Waals surface area contributed by atoms with Crippen LogP contribution >= 0.6 is 0 Å². The molecule has 1 atom stereocenters. The van der Waals surface area contributed by atoms with E-state index in [-0.39, 0.29) is 30.3 Å². The van der Waals surface area contributed by atoms with E-state index >= 15 is 0 Å². The first kappa shape index (κ1) is 23.1. The number of ether oxygens (including phenoxy) is 1. The highest BCUT2D eigenvalue weighted by Crippen LogP contribution is 2.22. The molecule has 1 N–H and O–H groups in total. The minimum atomic E-state index is -0.906. The van der Waals surface area contributed by atoms with Crippen LogP contribution < -0.4 is 5.32 Å². The number of rotatable bonds is 6. The van der Waals surface area contributed by atoms with Crippen molar-refractivity contribution in [3.05, 3.63) is 35.4 Å². The van der Waals surface area contributed by atoms with Crippen LogP contribution in [0.1, 0.15) is 24.8 Å². The molecule has 3 saturated heterocycles. The van der Waals surface area contributed by atoms with Crippen molar-refractivity contribution < 1.29 is 23.1 Å². The molecule has 0 aromatic heterocycles. The van der Waals surface area contributed by atoms with Crippen molar-refractivity contribution in [3.8, 4) is 0 Å². The lowest BCUT2D eigenvalue weighted by atomic mass is 9.95. The lowest BCUT2D eigenvalue weighted by Gasteiger charge is -2.38. The van der Waals surface area contributed by atoms with Gasteiger partial charge >= 0.3 is 0 Å². The maximum absolute atomic E-state index is 14.2. The van der Waals surface area contributed by atoms with Crippen molar-refractivity contribution in [3.63, 3.8) is 0 Å². The molecule has 0 saturated carbocycles. The Kier molecular flexibility index (Phi) is 7.70. The third-order valence-corrected chi connectivity index (χ3v) is 6.80. The van der Waals surface area contributed by atoms with Crippen LogP contribution in [0, 0.1) is 17.6 Å². The summed E-state index contributed by atoms with van der Waals surface area (Å²) in [5.74, 6) is -1.52. The molecule has 0 aliphatic carbocycles. The Morgan fingerprint density at radius 2 is 1.84 bits per heavy atom. The summed E-state index contributed by atoms with van der Waals surface area (Å²) < 4.78 is 33.2. The van der Waals surface area contributed by atoms with Crippen LogP contribution in [-0.4, -0.2) is 91.6 Å². The summed E-state index contributed by atoms with van der Waals surface area (Å²) >= 11 is 0. The third-order valence-electron chi connectivity index (χ3n) is 6.80. The molecule has 32 heavy (non-hydrogen) atoms. The number of piperazine rings is 1. The van der Waals surface area contributed by atoms with Gasteiger partial charge in [0.1, 0.15) is 0 Å². The summed E-state index contributed by atoms with van der Waals surface area (Å²) in [5, 5.41) is 2.80. The number of morpholine rings is 1. The third kappa shape index (κ3) is 5.63. The normalized spacial score (nSPS) is 23.9. The van der Waals surface area contributed by atoms with Gasteiger partial charge in [-0.25, -0.2) is 8.78 Å². The Labute approximate surface area is 187 Å². The van der Waals surface area contributed by atoms with Gasteiger partial charge in [0.25, 0.3) is 0 Å². The summed E-state index contributed by atoms with van der Waals surface area (Å²) in [6.07, 6.45) is 1.97. The predicted octanol–water partition coefficient (Wildman–Crippen LogP) is 1.23. The maximum Gasteiger partial charge on any atom is 0.237 e. The average Bonchev–Trinajstić information content (AvgIpc) is 2.80. The largest absolute Gasteiger partial charge is 0.379 e. The van der Waals surface area contributed by atoms with E-state index in [9.17, 15) is 18.4 Å². The molecule has 3 aliphatic heterocycles. The number of carbonyl (C=O) groups excluding carboxylic acids is 2. The first-order chi connectivity index (χ1) is 15.5. The van der Waals surface area contributed by atoms with Gasteiger partial charge in [-0.2, -0.15) is 0 Å². The van der Waals surface area contributed by atoms with Crippen LogP contribution in [0.5, 0.6) is 0 Å². The number of halogens is 2. The minimum Gasteiger partial charge on any atom is -0.379 e. The van der Waals surface area contributed by atoms with Crippen LogP contribution in [0.3, 0.4) is 0 Å². The highest BCUT2D eigenvalue weighted by Gasteiger charge is 2.34. The van der Waals surface area contributed by atoms with Gasteiger partial charge in [0, 0.05) is 57.9 Å². The number of likely N-dealkylation sites (tertiary alicyclic amines) is 1. The van der Waals surface area contributed by atoms with E-state index in [4.69, 9.17) is 4.74 Å². The lowest BCUT2D eigenvalue weighted by Crippen LogP contribution is -2.56. The molecule has 1 unspecified atom stereocenters. The predicted molar refractivity (Wildman–Crippen MR) is 115 cm³/mol. The summed E-state index contributed by atoms with van der Waals surface area (Å²) in [5.41, 5.74) is 0.195. The van der Waals surface area contributed by atoms with Gasteiger partial charge in [-0.3, -0.25) is 19.4 Å². The maximum atomic E-state index is 14.2. The smallest absolute Gasteiger partial charge is 0.237 e. The van der Waals surface area contributed by atoms with Gasteiger partial charge in [-0.15, -0.1) is 0 Å². The van der Waals surface area contributed by atoms with E-state index in [1.54, 1.807) is 4.90 Å². The van der Waals surface area contributed by atoms with Crippen LogP contribution in [0.15, 0.2) is 18.2 Å². The number of nitrogens with one attached hydrogen (secondary N) is 1. The number of amides is 2. The zero-order valence-electron chi connectivity index (χ0n) is 18.4. The number of carbonyl (C=O) groups is 2. The molecule has 7 nitrogen and oxygen atoms in total. The molecule has 0 bridgehead atoms. The molecule has 9 heteroatoms. The number of benzene rings is 1. The van der Waals surface area contributed by atoms with Crippen LogP contribution in [-0.2, 0) is 20.9 Å². The van der Waals surface area contributed by atoms with Crippen molar-refractivity contribution in [2.75, 3.05) is 59.0 Å². The molecule has 1 aromatic rings. The molecule has 3 aliphatic rings. The Balaban J connectivity index is 1.31. The number of hydrogen-bond donors (Lipinski definition) is 1. The fourth-order valence-electron chi connectivity index (χ4n) is 4.87. The monoisotopic (exact) mass is 450 g/mol. The molecule has 2 amide bonds. The summed E-state index contributed by atoms with van der Waals surface area (Å²) in [6, 6.07) is 3.37. The van der Waals surface area contributed by atoms with E-state index in [2.05, 4.69) is 10.2 Å². The van der Waals surface area contributed by atoms with Crippen LogP contribution in [0.2, 0.25) is 0 Å². The van der Waals surface area contributed by atoms with Gasteiger partial charge in [0.2, 0.25) is 11.8 Å². The molecule has 0 radical (unpaired) electrons. The highest BCUT2D eigenvalue weighted by atomic mass is 19.2. The summed E-state index contributed by atoms with van der Waals surface area (Å²) in [6.45, 7) is 6.96. The Bertz CT molecular complexity index is 810. The van der Waals surface area contributed by atoms with Crippen molar-refractivity contribution in [1.82, 2.24) is 20.0 Å². The summed E-state index contributed by atoms with van der Waals surface area (Å²) in [4.78, 5) is 31.6. The topological polar surface area (TPSA) is 65.1 Å². The second kappa shape index (κ2) is 10.7. The quantitative estimate of drug-likeness (QED) is 0.706. The van der Waals surface area contributed by atoms with Crippen molar-refractivity contribution in [2.24, 2.45) is 5.92 Å². The molecule has 4 rings (SSSR count). The fourth-order valence-corrected chi connectivity index (χ4v) is 4.87. The van der Waals surface area contributed by atoms with Crippen molar-refractivity contribution >= 4 is 11.8 Å². The molecule has 3 heterocycles. The molecule has 0 spiro atoms. The Hall–Kier alpha value is -2.10. The highest BCUT2D eigenvalue weighted by molar-refractivity contribution is 5.88. The van der Waals surface area contributed by atoms with Gasteiger partial charge in [-0.05, 0) is 24.8 Å². The Morgan fingerprint density at radius 1 is 1.09 bits per heavy atom. The zero-order valence-corrected chi connectivity index (χ0v) is 18.4. The zero-order chi connectivity index (χ0) is 22.5. The van der Waals surface area contributed by atoms with Gasteiger partial charge < -0.3 is 15.0 Å². The average molecular weight is 451 g/mol. The molecular formula is C23H32F2N4O3. The number of piperidine rings is 1. The van der Waals surface area contributed by atoms with E-state index in [1.807, 2.05) is 4.90 Å². The molecule has 1 aromatic carbocycles. The number of nitrogens with zero attached hydrogens (tertiary/aromatic N) is 3.